The molecule has 1 amide bonds. The SMILES string of the molecule is CC(=O)N(c1ccc(F)cc1)C1CSC(=NC2C3CC4CC(C3)CC2C4)N1C. The summed E-state index contributed by atoms with van der Waals surface area (Å²) in [4.78, 5) is 21.6. The molecule has 28 heavy (non-hydrogen) atoms. The van der Waals surface area contributed by atoms with Crippen molar-refractivity contribution in [3.05, 3.63) is 30.1 Å². The van der Waals surface area contributed by atoms with Crippen LogP contribution in [0.4, 0.5) is 10.1 Å². The first-order chi connectivity index (χ1) is 13.5. The van der Waals surface area contributed by atoms with Gasteiger partial charge in [0.1, 0.15) is 12.0 Å². The molecule has 6 heteroatoms. The van der Waals surface area contributed by atoms with Crippen LogP contribution in [-0.2, 0) is 4.79 Å². The molecule has 5 aliphatic rings. The first kappa shape index (κ1) is 18.5. The zero-order chi connectivity index (χ0) is 19.4. The summed E-state index contributed by atoms with van der Waals surface area (Å²) >= 11 is 1.75. The number of rotatable bonds is 3. The van der Waals surface area contributed by atoms with E-state index in [1.807, 2.05) is 7.05 Å². The first-order valence-electron chi connectivity index (χ1n) is 10.5. The molecule has 1 aliphatic heterocycles. The van der Waals surface area contributed by atoms with E-state index in [2.05, 4.69) is 4.90 Å². The molecule has 1 aromatic rings. The highest BCUT2D eigenvalue weighted by Gasteiger charge is 2.49. The Morgan fingerprint density at radius 2 is 1.71 bits per heavy atom. The summed E-state index contributed by atoms with van der Waals surface area (Å²) in [6.45, 7) is 1.58. The Bertz CT molecular complexity index is 767. The van der Waals surface area contributed by atoms with Gasteiger partial charge in [0.2, 0.25) is 5.91 Å². The summed E-state index contributed by atoms with van der Waals surface area (Å²) < 4.78 is 13.3. The second kappa shape index (κ2) is 7.05. The van der Waals surface area contributed by atoms with Gasteiger partial charge >= 0.3 is 0 Å². The number of hydrogen-bond acceptors (Lipinski definition) is 3. The molecule has 0 radical (unpaired) electrons. The third kappa shape index (κ3) is 3.14. The number of nitrogens with zero attached hydrogens (tertiary/aromatic N) is 3. The third-order valence-corrected chi connectivity index (χ3v) is 8.41. The van der Waals surface area contributed by atoms with Gasteiger partial charge in [-0.3, -0.25) is 14.7 Å². The highest BCUT2D eigenvalue weighted by atomic mass is 32.2. The third-order valence-electron chi connectivity index (χ3n) is 7.29. The summed E-state index contributed by atoms with van der Waals surface area (Å²) in [5, 5.41) is 1.07. The van der Waals surface area contributed by atoms with Crippen LogP contribution in [0.3, 0.4) is 0 Å². The van der Waals surface area contributed by atoms with Crippen LogP contribution in [0.5, 0.6) is 0 Å². The zero-order valence-electron chi connectivity index (χ0n) is 16.6. The largest absolute Gasteiger partial charge is 0.333 e. The Kier molecular flexibility index (Phi) is 4.65. The number of halogens is 1. The average molecular weight is 402 g/mol. The minimum Gasteiger partial charge on any atom is -0.333 e. The van der Waals surface area contributed by atoms with Crippen LogP contribution < -0.4 is 4.90 Å². The van der Waals surface area contributed by atoms with Gasteiger partial charge in [0.05, 0.1) is 6.04 Å². The smallest absolute Gasteiger partial charge is 0.225 e. The number of hydrogen-bond donors (Lipinski definition) is 0. The van der Waals surface area contributed by atoms with Crippen molar-refractivity contribution in [1.29, 1.82) is 0 Å². The standard InChI is InChI=1S/C22H28FN3OS/c1-13(27)26(19-5-3-18(23)4-6-19)20-12-28-22(25(20)2)24-21-16-8-14-7-15(10-16)11-17(21)9-14/h3-6,14-17,20-21H,7-12H2,1-2H3. The van der Waals surface area contributed by atoms with Crippen molar-refractivity contribution in [2.45, 2.75) is 51.2 Å². The van der Waals surface area contributed by atoms with Crippen molar-refractivity contribution in [2.75, 3.05) is 17.7 Å². The predicted octanol–water partition coefficient (Wildman–Crippen LogP) is 4.36. The number of amidine groups is 1. The van der Waals surface area contributed by atoms with Gasteiger partial charge in [-0.15, -0.1) is 0 Å². The van der Waals surface area contributed by atoms with Gasteiger partial charge in [0.15, 0.2) is 5.17 Å². The lowest BCUT2D eigenvalue weighted by atomic mass is 9.54. The van der Waals surface area contributed by atoms with Gasteiger partial charge in [0, 0.05) is 25.4 Å². The summed E-state index contributed by atoms with van der Waals surface area (Å²) in [6, 6.07) is 6.66. The van der Waals surface area contributed by atoms with Crippen LogP contribution >= 0.6 is 11.8 Å². The summed E-state index contributed by atoms with van der Waals surface area (Å²) in [7, 11) is 2.04. The molecule has 1 aromatic carbocycles. The summed E-state index contributed by atoms with van der Waals surface area (Å²) in [5.74, 6) is 3.90. The van der Waals surface area contributed by atoms with Crippen molar-refractivity contribution in [3.63, 3.8) is 0 Å². The number of carbonyl (C=O) groups excluding carboxylic acids is 1. The molecule has 1 heterocycles. The van der Waals surface area contributed by atoms with Crippen molar-refractivity contribution in [2.24, 2.45) is 28.7 Å². The van der Waals surface area contributed by atoms with Crippen LogP contribution in [0.1, 0.15) is 39.0 Å². The molecular weight excluding hydrogens is 373 g/mol. The topological polar surface area (TPSA) is 35.9 Å². The van der Waals surface area contributed by atoms with Crippen LogP contribution in [0.15, 0.2) is 29.3 Å². The predicted molar refractivity (Wildman–Crippen MR) is 112 cm³/mol. The maximum Gasteiger partial charge on any atom is 0.225 e. The van der Waals surface area contributed by atoms with Crippen LogP contribution in [0.2, 0.25) is 0 Å². The molecule has 1 atom stereocenters. The number of thioether (sulfide) groups is 1. The molecular formula is C22H28FN3OS. The van der Waals surface area contributed by atoms with E-state index in [1.54, 1.807) is 35.7 Å². The molecule has 4 aliphatic carbocycles. The molecule has 4 nitrogen and oxygen atoms in total. The van der Waals surface area contributed by atoms with Gasteiger partial charge in [-0.1, -0.05) is 11.8 Å². The fraction of sp³-hybridized carbons (Fsp3) is 0.636. The van der Waals surface area contributed by atoms with E-state index in [-0.39, 0.29) is 17.9 Å². The van der Waals surface area contributed by atoms with E-state index < -0.39 is 0 Å². The Hall–Kier alpha value is -1.56. The van der Waals surface area contributed by atoms with Crippen molar-refractivity contribution < 1.29 is 9.18 Å². The summed E-state index contributed by atoms with van der Waals surface area (Å²) in [6.07, 6.45) is 6.83. The second-order valence-electron chi connectivity index (χ2n) is 9.10. The second-order valence-corrected chi connectivity index (χ2v) is 10.1. The number of benzene rings is 1. The van der Waals surface area contributed by atoms with E-state index in [0.29, 0.717) is 6.04 Å². The maximum absolute atomic E-state index is 13.3. The summed E-state index contributed by atoms with van der Waals surface area (Å²) in [5.41, 5.74) is 0.738. The van der Waals surface area contributed by atoms with E-state index in [9.17, 15) is 9.18 Å². The molecule has 150 valence electrons. The van der Waals surface area contributed by atoms with Crippen molar-refractivity contribution in [3.8, 4) is 0 Å². The molecule has 4 bridgehead atoms. The quantitative estimate of drug-likeness (QED) is 0.755. The minimum absolute atomic E-state index is 0.0278. The minimum atomic E-state index is -0.287. The number of anilines is 1. The number of amides is 1. The molecule has 1 saturated heterocycles. The Labute approximate surface area is 170 Å². The van der Waals surface area contributed by atoms with Crippen molar-refractivity contribution >= 4 is 28.5 Å². The lowest BCUT2D eigenvalue weighted by molar-refractivity contribution is -0.117. The lowest BCUT2D eigenvalue weighted by Crippen LogP contribution is -2.50. The number of carbonyl (C=O) groups is 1. The molecule has 1 unspecified atom stereocenters. The lowest BCUT2D eigenvalue weighted by Gasteiger charge is -2.53. The Morgan fingerprint density at radius 1 is 1.11 bits per heavy atom. The number of aliphatic imine (C=N–C) groups is 1. The van der Waals surface area contributed by atoms with E-state index in [1.165, 1.54) is 44.2 Å². The van der Waals surface area contributed by atoms with Gasteiger partial charge in [-0.2, -0.15) is 0 Å². The van der Waals surface area contributed by atoms with Crippen LogP contribution in [-0.4, -0.2) is 41.0 Å². The highest BCUT2D eigenvalue weighted by molar-refractivity contribution is 8.14. The molecule has 0 spiro atoms. The normalized spacial score (nSPS) is 37.7. The average Bonchev–Trinajstić information content (AvgIpc) is 2.99. The Morgan fingerprint density at radius 3 is 2.29 bits per heavy atom. The van der Waals surface area contributed by atoms with Gasteiger partial charge in [-0.05, 0) is 80.0 Å². The van der Waals surface area contributed by atoms with Gasteiger partial charge < -0.3 is 4.90 Å². The fourth-order valence-corrected chi connectivity index (χ4v) is 7.46. The van der Waals surface area contributed by atoms with Crippen LogP contribution in [0, 0.1) is 29.5 Å². The molecule has 6 rings (SSSR count). The Balaban J connectivity index is 1.37. The van der Waals surface area contributed by atoms with Gasteiger partial charge in [0.25, 0.3) is 0 Å². The molecule has 0 N–H and O–H groups in total. The monoisotopic (exact) mass is 401 g/mol. The highest BCUT2D eigenvalue weighted by Crippen LogP contribution is 2.55. The van der Waals surface area contributed by atoms with Crippen LogP contribution in [0.25, 0.3) is 0 Å². The van der Waals surface area contributed by atoms with Gasteiger partial charge in [-0.25, -0.2) is 4.39 Å². The van der Waals surface area contributed by atoms with E-state index >= 15 is 0 Å². The van der Waals surface area contributed by atoms with E-state index in [4.69, 9.17) is 4.99 Å². The maximum atomic E-state index is 13.3. The zero-order valence-corrected chi connectivity index (χ0v) is 17.4. The van der Waals surface area contributed by atoms with Crippen molar-refractivity contribution in [1.82, 2.24) is 4.90 Å². The first-order valence-corrected chi connectivity index (χ1v) is 11.5. The van der Waals surface area contributed by atoms with E-state index in [0.717, 1.165) is 40.3 Å². The molecule has 5 fully saturated rings. The molecule has 4 saturated carbocycles. The molecule has 0 aromatic heterocycles. The fourth-order valence-electron chi connectivity index (χ4n) is 6.27.